The largest absolute Gasteiger partial charge is 0.506 e. The van der Waals surface area contributed by atoms with Crippen molar-refractivity contribution in [2.75, 3.05) is 5.32 Å². The Balaban J connectivity index is 2.15. The van der Waals surface area contributed by atoms with Crippen molar-refractivity contribution >= 4 is 57.1 Å². The summed E-state index contributed by atoms with van der Waals surface area (Å²) < 4.78 is 1.05. The molecule has 0 bridgehead atoms. The minimum Gasteiger partial charge on any atom is -0.506 e. The fraction of sp³-hybridized carbons (Fsp3) is 0. The summed E-state index contributed by atoms with van der Waals surface area (Å²) in [6, 6.07) is 6.35. The number of anilines is 1. The van der Waals surface area contributed by atoms with E-state index in [4.69, 9.17) is 11.6 Å². The number of phenols is 1. The monoisotopic (exact) mass is 379 g/mol. The molecule has 0 aliphatic rings. The highest BCUT2D eigenvalue weighted by molar-refractivity contribution is 14.1. The van der Waals surface area contributed by atoms with Gasteiger partial charge in [-0.1, -0.05) is 11.6 Å². The van der Waals surface area contributed by atoms with Gasteiger partial charge in [-0.2, -0.15) is 0 Å². The molecule has 0 aliphatic carbocycles. The zero-order valence-corrected chi connectivity index (χ0v) is 12.1. The van der Waals surface area contributed by atoms with E-state index in [9.17, 15) is 9.90 Å². The highest BCUT2D eigenvalue weighted by Gasteiger charge is 2.09. The van der Waals surface area contributed by atoms with Gasteiger partial charge in [-0.3, -0.25) is 4.79 Å². The number of phenolic OH excluding ortho intramolecular Hbond substituents is 1. The number of rotatable bonds is 2. The van der Waals surface area contributed by atoms with Gasteiger partial charge in [-0.25, -0.2) is 0 Å². The van der Waals surface area contributed by atoms with Gasteiger partial charge < -0.3 is 10.4 Å². The van der Waals surface area contributed by atoms with Crippen molar-refractivity contribution in [1.82, 2.24) is 0 Å². The average molecular weight is 380 g/mol. The second kappa shape index (κ2) is 5.24. The zero-order valence-electron chi connectivity index (χ0n) is 8.41. The Morgan fingerprint density at radius 2 is 2.18 bits per heavy atom. The molecule has 0 spiro atoms. The highest BCUT2D eigenvalue weighted by atomic mass is 127. The summed E-state index contributed by atoms with van der Waals surface area (Å²) in [4.78, 5) is 11.8. The summed E-state index contributed by atoms with van der Waals surface area (Å²) in [6.45, 7) is 0. The minimum absolute atomic E-state index is 0.00486. The van der Waals surface area contributed by atoms with E-state index < -0.39 is 0 Å². The molecular formula is C11H7ClINO2S. The number of carbonyl (C=O) groups is 1. The molecule has 88 valence electrons. The van der Waals surface area contributed by atoms with Gasteiger partial charge in [0.2, 0.25) is 0 Å². The van der Waals surface area contributed by atoms with Crippen molar-refractivity contribution in [3.8, 4) is 5.75 Å². The minimum atomic E-state index is -0.189. The number of thiophene rings is 1. The topological polar surface area (TPSA) is 49.3 Å². The van der Waals surface area contributed by atoms with Crippen LogP contribution in [0.2, 0.25) is 5.02 Å². The smallest absolute Gasteiger partial charge is 0.256 e. The Bertz CT molecular complexity index is 570. The van der Waals surface area contributed by atoms with E-state index in [1.54, 1.807) is 11.4 Å². The average Bonchev–Trinajstić information content (AvgIpc) is 2.70. The molecule has 1 aromatic heterocycles. The van der Waals surface area contributed by atoms with Gasteiger partial charge in [-0.05, 0) is 46.9 Å². The molecule has 0 atom stereocenters. The van der Waals surface area contributed by atoms with Gasteiger partial charge in [0.15, 0.2) is 0 Å². The molecule has 2 N–H and O–H groups in total. The van der Waals surface area contributed by atoms with E-state index in [1.165, 1.54) is 23.5 Å². The maximum absolute atomic E-state index is 11.8. The predicted molar refractivity (Wildman–Crippen MR) is 78.1 cm³/mol. The third-order valence-electron chi connectivity index (χ3n) is 2.04. The molecule has 1 aromatic carbocycles. The first-order chi connectivity index (χ1) is 8.06. The van der Waals surface area contributed by atoms with Crippen LogP contribution in [0.1, 0.15) is 10.4 Å². The molecule has 6 heteroatoms. The van der Waals surface area contributed by atoms with Crippen molar-refractivity contribution in [1.29, 1.82) is 0 Å². The Labute approximate surface area is 121 Å². The van der Waals surface area contributed by atoms with Crippen LogP contribution in [0.4, 0.5) is 5.69 Å². The fourth-order valence-corrected chi connectivity index (χ4v) is 2.72. The number of aromatic hydroxyl groups is 1. The lowest BCUT2D eigenvalue weighted by Crippen LogP contribution is -2.10. The van der Waals surface area contributed by atoms with E-state index >= 15 is 0 Å². The first-order valence-corrected chi connectivity index (χ1v) is 6.94. The number of hydrogen-bond acceptors (Lipinski definition) is 3. The van der Waals surface area contributed by atoms with Crippen LogP contribution in [0.25, 0.3) is 0 Å². The number of carbonyl (C=O) groups excluding carboxylic acids is 1. The molecule has 0 unspecified atom stereocenters. The van der Waals surface area contributed by atoms with Crippen molar-refractivity contribution < 1.29 is 9.90 Å². The van der Waals surface area contributed by atoms with Gasteiger partial charge in [0.1, 0.15) is 5.75 Å². The van der Waals surface area contributed by atoms with Crippen molar-refractivity contribution in [3.05, 3.63) is 43.1 Å². The Morgan fingerprint density at radius 3 is 2.76 bits per heavy atom. The molecule has 1 amide bonds. The highest BCUT2D eigenvalue weighted by Crippen LogP contribution is 2.26. The molecular weight excluding hydrogens is 373 g/mol. The van der Waals surface area contributed by atoms with E-state index in [0.717, 1.165) is 2.88 Å². The van der Waals surface area contributed by atoms with Gasteiger partial charge in [0.25, 0.3) is 5.91 Å². The van der Waals surface area contributed by atoms with Gasteiger partial charge >= 0.3 is 0 Å². The lowest BCUT2D eigenvalue weighted by Gasteiger charge is -2.04. The lowest BCUT2D eigenvalue weighted by atomic mass is 10.2. The van der Waals surface area contributed by atoms with Crippen LogP contribution in [0, 0.1) is 2.88 Å². The molecule has 17 heavy (non-hydrogen) atoms. The van der Waals surface area contributed by atoms with Gasteiger partial charge in [0.05, 0.1) is 13.5 Å². The number of halogens is 2. The van der Waals surface area contributed by atoms with Crippen molar-refractivity contribution in [2.24, 2.45) is 0 Å². The SMILES string of the molecule is O=C(Nc1ccc(O)c(Cl)c1)c1csc(I)c1. The Kier molecular flexibility index (Phi) is 3.90. The van der Waals surface area contributed by atoms with Gasteiger partial charge in [-0.15, -0.1) is 11.3 Å². The van der Waals surface area contributed by atoms with E-state index in [2.05, 4.69) is 27.9 Å². The maximum Gasteiger partial charge on any atom is 0.256 e. The lowest BCUT2D eigenvalue weighted by molar-refractivity contribution is 0.102. The second-order valence-corrected chi connectivity index (χ2v) is 6.47. The van der Waals surface area contributed by atoms with Crippen LogP contribution in [0.3, 0.4) is 0 Å². The summed E-state index contributed by atoms with van der Waals surface area (Å²) >= 11 is 9.41. The molecule has 3 nitrogen and oxygen atoms in total. The summed E-state index contributed by atoms with van der Waals surface area (Å²) in [6.07, 6.45) is 0. The number of amides is 1. The molecule has 2 aromatic rings. The van der Waals surface area contributed by atoms with Crippen molar-refractivity contribution in [3.63, 3.8) is 0 Å². The molecule has 0 fully saturated rings. The predicted octanol–water partition coefficient (Wildman–Crippen LogP) is 3.96. The fourth-order valence-electron chi connectivity index (χ4n) is 1.22. The van der Waals surface area contributed by atoms with Crippen LogP contribution in [0.5, 0.6) is 5.75 Å². The van der Waals surface area contributed by atoms with Crippen LogP contribution in [-0.4, -0.2) is 11.0 Å². The summed E-state index contributed by atoms with van der Waals surface area (Å²) in [7, 11) is 0. The van der Waals surface area contributed by atoms with Crippen molar-refractivity contribution in [2.45, 2.75) is 0 Å². The zero-order chi connectivity index (χ0) is 12.4. The molecule has 1 heterocycles. The molecule has 2 rings (SSSR count). The number of nitrogens with one attached hydrogen (secondary N) is 1. The molecule has 0 aliphatic heterocycles. The number of hydrogen-bond donors (Lipinski definition) is 2. The summed E-state index contributed by atoms with van der Waals surface area (Å²) in [5.41, 5.74) is 1.17. The standard InChI is InChI=1S/C11H7ClINO2S/c12-8-4-7(1-2-9(8)15)14-11(16)6-3-10(13)17-5-6/h1-5,15H,(H,14,16). The normalized spacial score (nSPS) is 10.2. The Hall–Kier alpha value is -0.790. The molecule has 0 saturated carbocycles. The van der Waals surface area contributed by atoms with Crippen LogP contribution in [0.15, 0.2) is 29.6 Å². The van der Waals surface area contributed by atoms with E-state index in [0.29, 0.717) is 11.3 Å². The summed E-state index contributed by atoms with van der Waals surface area (Å²) in [5.74, 6) is -0.194. The van der Waals surface area contributed by atoms with E-state index in [-0.39, 0.29) is 16.7 Å². The summed E-state index contributed by atoms with van der Waals surface area (Å²) in [5, 5.41) is 14.0. The van der Waals surface area contributed by atoms with E-state index in [1.807, 2.05) is 6.07 Å². The van der Waals surface area contributed by atoms with Gasteiger partial charge in [0, 0.05) is 11.1 Å². The Morgan fingerprint density at radius 1 is 1.41 bits per heavy atom. The third-order valence-corrected chi connectivity index (χ3v) is 4.13. The van der Waals surface area contributed by atoms with Crippen LogP contribution in [-0.2, 0) is 0 Å². The molecule has 0 radical (unpaired) electrons. The first-order valence-electron chi connectivity index (χ1n) is 4.60. The number of benzene rings is 1. The second-order valence-electron chi connectivity index (χ2n) is 3.26. The van der Waals surface area contributed by atoms with Crippen LogP contribution >= 0.6 is 45.5 Å². The third kappa shape index (κ3) is 3.11. The quantitative estimate of drug-likeness (QED) is 0.613. The maximum atomic E-state index is 11.8. The first kappa shape index (κ1) is 12.7. The molecule has 0 saturated heterocycles. The van der Waals surface area contributed by atoms with Crippen LogP contribution < -0.4 is 5.32 Å².